The monoisotopic (exact) mass is 330 g/mol. The van der Waals surface area contributed by atoms with Crippen LogP contribution in [0.5, 0.6) is 0 Å². The van der Waals surface area contributed by atoms with Crippen LogP contribution in [0.3, 0.4) is 0 Å². The molecule has 1 rings (SSSR count). The summed E-state index contributed by atoms with van der Waals surface area (Å²) in [7, 11) is -4.31. The molecule has 0 saturated heterocycles. The van der Waals surface area contributed by atoms with Gasteiger partial charge < -0.3 is 5.11 Å². The number of aryl methyl sites for hydroxylation is 1. The van der Waals surface area contributed by atoms with Gasteiger partial charge in [0.05, 0.1) is 4.92 Å². The molecule has 0 aliphatic rings. The van der Waals surface area contributed by atoms with E-state index in [1.54, 1.807) is 6.92 Å². The summed E-state index contributed by atoms with van der Waals surface area (Å²) in [5, 5.41) is 20.1. The van der Waals surface area contributed by atoms with Crippen LogP contribution in [0.15, 0.2) is 17.0 Å². The summed E-state index contributed by atoms with van der Waals surface area (Å²) in [6.45, 7) is 5.36. The molecule has 0 unspecified atom stereocenters. The number of hydrogen-bond donors (Lipinski definition) is 1. The summed E-state index contributed by atoms with van der Waals surface area (Å²) >= 11 is 0. The first kappa shape index (κ1) is 18.1. The Bertz CT molecular complexity index is 711. The quantitative estimate of drug-likeness (QED) is 0.626. The summed E-state index contributed by atoms with van der Waals surface area (Å²) in [6, 6.07) is 1.93. The van der Waals surface area contributed by atoms with E-state index in [0.717, 1.165) is 10.4 Å². The summed E-state index contributed by atoms with van der Waals surface area (Å²) < 4.78 is 26.3. The maximum absolute atomic E-state index is 12.8. The lowest BCUT2D eigenvalue weighted by molar-refractivity contribution is -0.388. The largest absolute Gasteiger partial charge is 0.480 e. The van der Waals surface area contributed by atoms with Gasteiger partial charge in [-0.25, -0.2) is 8.42 Å². The Kier molecular flexibility index (Phi) is 5.26. The molecule has 1 aromatic carbocycles. The zero-order valence-corrected chi connectivity index (χ0v) is 13.5. The predicted octanol–water partition coefficient (Wildman–Crippen LogP) is 1.70. The van der Waals surface area contributed by atoms with Crippen molar-refractivity contribution in [2.24, 2.45) is 0 Å². The minimum Gasteiger partial charge on any atom is -0.480 e. The molecule has 0 spiro atoms. The molecule has 0 amide bonds. The molecule has 0 atom stereocenters. The number of benzene rings is 1. The van der Waals surface area contributed by atoms with Crippen molar-refractivity contribution in [2.45, 2.75) is 38.6 Å². The van der Waals surface area contributed by atoms with Crippen molar-refractivity contribution in [2.75, 3.05) is 6.54 Å². The van der Waals surface area contributed by atoms with Gasteiger partial charge in [-0.1, -0.05) is 6.07 Å². The molecule has 8 nitrogen and oxygen atoms in total. The smallest absolute Gasteiger partial charge is 0.318 e. The number of aliphatic carboxylic acids is 1. The lowest BCUT2D eigenvalue weighted by atomic mass is 10.1. The third-order valence-corrected chi connectivity index (χ3v) is 5.49. The van der Waals surface area contributed by atoms with Crippen molar-refractivity contribution in [3.8, 4) is 0 Å². The number of carboxylic acids is 1. The summed E-state index contributed by atoms with van der Waals surface area (Å²) in [6.07, 6.45) is 0. The molecule has 0 aliphatic heterocycles. The highest BCUT2D eigenvalue weighted by Gasteiger charge is 2.36. The first-order chi connectivity index (χ1) is 10.00. The molecular formula is C13H18N2O6S. The van der Waals surface area contributed by atoms with E-state index >= 15 is 0 Å². The second kappa shape index (κ2) is 6.41. The van der Waals surface area contributed by atoms with Gasteiger partial charge in [-0.15, -0.1) is 0 Å². The molecule has 9 heteroatoms. The van der Waals surface area contributed by atoms with E-state index < -0.39 is 44.1 Å². The summed E-state index contributed by atoms with van der Waals surface area (Å²) in [5.74, 6) is -1.33. The van der Waals surface area contributed by atoms with E-state index in [1.807, 2.05) is 0 Å². The van der Waals surface area contributed by atoms with E-state index in [1.165, 1.54) is 26.8 Å². The van der Waals surface area contributed by atoms with Crippen molar-refractivity contribution < 1.29 is 23.2 Å². The van der Waals surface area contributed by atoms with Gasteiger partial charge in [-0.05, 0) is 38.8 Å². The van der Waals surface area contributed by atoms with E-state index in [-0.39, 0.29) is 5.56 Å². The maximum atomic E-state index is 12.8. The van der Waals surface area contributed by atoms with Crippen LogP contribution in [-0.4, -0.2) is 41.3 Å². The molecule has 0 bridgehead atoms. The number of sulfonamides is 1. The van der Waals surface area contributed by atoms with Crippen LogP contribution >= 0.6 is 0 Å². The second-order valence-electron chi connectivity index (χ2n) is 5.15. The predicted molar refractivity (Wildman–Crippen MR) is 79.2 cm³/mol. The Morgan fingerprint density at radius 3 is 2.32 bits per heavy atom. The second-order valence-corrected chi connectivity index (χ2v) is 6.98. The molecule has 0 aromatic heterocycles. The Morgan fingerprint density at radius 2 is 1.91 bits per heavy atom. The molecule has 0 aliphatic carbocycles. The molecule has 0 heterocycles. The fourth-order valence-electron chi connectivity index (χ4n) is 2.04. The highest BCUT2D eigenvalue weighted by Crippen LogP contribution is 2.32. The number of hydrogen-bond acceptors (Lipinski definition) is 5. The average molecular weight is 330 g/mol. The van der Waals surface area contributed by atoms with Gasteiger partial charge in [0.2, 0.25) is 0 Å². The van der Waals surface area contributed by atoms with Gasteiger partial charge in [-0.3, -0.25) is 14.9 Å². The van der Waals surface area contributed by atoms with Gasteiger partial charge in [0.1, 0.15) is 6.54 Å². The lowest BCUT2D eigenvalue weighted by Gasteiger charge is -2.25. The van der Waals surface area contributed by atoms with E-state index in [2.05, 4.69) is 0 Å². The Morgan fingerprint density at radius 1 is 1.36 bits per heavy atom. The minimum atomic E-state index is -4.31. The van der Waals surface area contributed by atoms with E-state index in [4.69, 9.17) is 5.11 Å². The topological polar surface area (TPSA) is 118 Å². The number of nitro benzene ring substituents is 1. The highest BCUT2D eigenvalue weighted by molar-refractivity contribution is 7.89. The van der Waals surface area contributed by atoms with Crippen LogP contribution in [0.1, 0.15) is 25.0 Å². The van der Waals surface area contributed by atoms with Crippen molar-refractivity contribution in [3.05, 3.63) is 33.4 Å². The molecule has 0 fully saturated rings. The molecule has 0 saturated carbocycles. The van der Waals surface area contributed by atoms with Crippen molar-refractivity contribution in [3.63, 3.8) is 0 Å². The first-order valence-corrected chi connectivity index (χ1v) is 7.92. The molecule has 0 radical (unpaired) electrons. The first-order valence-electron chi connectivity index (χ1n) is 6.48. The normalized spacial score (nSPS) is 11.9. The summed E-state index contributed by atoms with van der Waals surface area (Å²) in [5.41, 5.74) is 0.257. The number of rotatable bonds is 6. The fourth-order valence-corrected chi connectivity index (χ4v) is 4.07. The Balaban J connectivity index is 3.66. The van der Waals surface area contributed by atoms with Crippen LogP contribution in [0.2, 0.25) is 0 Å². The summed E-state index contributed by atoms with van der Waals surface area (Å²) in [4.78, 5) is 20.8. The minimum absolute atomic E-state index is 0.241. The van der Waals surface area contributed by atoms with Gasteiger partial charge in [0.25, 0.3) is 15.7 Å². The van der Waals surface area contributed by atoms with Gasteiger partial charge in [0.15, 0.2) is 4.90 Å². The van der Waals surface area contributed by atoms with Crippen LogP contribution in [0, 0.1) is 24.0 Å². The maximum Gasteiger partial charge on any atom is 0.318 e. The van der Waals surface area contributed by atoms with E-state index in [9.17, 15) is 23.3 Å². The highest BCUT2D eigenvalue weighted by atomic mass is 32.2. The SMILES string of the molecule is Cc1ccc([N+](=O)[O-])c(S(=O)(=O)N(CC(=O)O)C(C)C)c1C. The van der Waals surface area contributed by atoms with Crippen LogP contribution in [-0.2, 0) is 14.8 Å². The zero-order valence-electron chi connectivity index (χ0n) is 12.7. The zero-order chi connectivity index (χ0) is 17.2. The average Bonchev–Trinajstić information content (AvgIpc) is 2.37. The van der Waals surface area contributed by atoms with Crippen molar-refractivity contribution >= 4 is 21.7 Å². The van der Waals surface area contributed by atoms with Gasteiger partial charge in [0, 0.05) is 12.1 Å². The molecular weight excluding hydrogens is 312 g/mol. The standard InChI is InChI=1S/C13H18N2O6S/c1-8(2)14(7-12(16)17)22(20,21)13-10(4)9(3)5-6-11(13)15(18)19/h5-6,8H,7H2,1-4H3,(H,16,17). The fraction of sp³-hybridized carbons (Fsp3) is 0.462. The molecule has 22 heavy (non-hydrogen) atoms. The van der Waals surface area contributed by atoms with Crippen LogP contribution in [0.25, 0.3) is 0 Å². The third-order valence-electron chi connectivity index (χ3n) is 3.29. The number of carboxylic acid groups (broad SMARTS) is 1. The molecule has 122 valence electrons. The van der Waals surface area contributed by atoms with Gasteiger partial charge >= 0.3 is 5.97 Å². The molecule has 1 aromatic rings. The number of nitro groups is 1. The van der Waals surface area contributed by atoms with Gasteiger partial charge in [-0.2, -0.15) is 4.31 Å². The van der Waals surface area contributed by atoms with E-state index in [0.29, 0.717) is 5.56 Å². The molecule has 1 N–H and O–H groups in total. The Labute approximate surface area is 128 Å². The third kappa shape index (κ3) is 3.42. The number of nitrogens with zero attached hydrogens (tertiary/aromatic N) is 2. The van der Waals surface area contributed by atoms with Crippen LogP contribution in [0.4, 0.5) is 5.69 Å². The number of carbonyl (C=O) groups is 1. The lowest BCUT2D eigenvalue weighted by Crippen LogP contribution is -2.41. The van der Waals surface area contributed by atoms with Crippen molar-refractivity contribution in [1.29, 1.82) is 0 Å². The Hall–Kier alpha value is -2.00. The van der Waals surface area contributed by atoms with Crippen LogP contribution < -0.4 is 0 Å². The van der Waals surface area contributed by atoms with Crippen molar-refractivity contribution in [1.82, 2.24) is 4.31 Å².